The molecule has 0 bridgehead atoms. The zero-order valence-electron chi connectivity index (χ0n) is 20.4. The Balaban J connectivity index is 1.56. The Morgan fingerprint density at radius 2 is 1.57 bits per heavy atom. The Morgan fingerprint density at radius 1 is 1.00 bits per heavy atom. The third kappa shape index (κ3) is 6.51. The summed E-state index contributed by atoms with van der Waals surface area (Å²) in [5.41, 5.74) is 1.36. The van der Waals surface area contributed by atoms with Crippen LogP contribution >= 0.6 is 0 Å². The van der Waals surface area contributed by atoms with Crippen LogP contribution in [0.2, 0.25) is 0 Å². The molecule has 0 aromatic heterocycles. The number of carbonyl (C=O) groups is 2. The molecule has 0 aliphatic carbocycles. The predicted octanol–water partition coefficient (Wildman–Crippen LogP) is 1.86. The monoisotopic (exact) mass is 534 g/mol. The van der Waals surface area contributed by atoms with E-state index < -0.39 is 28.4 Å². The number of hydrogen-bond donors (Lipinski definition) is 2. The molecule has 0 atom stereocenters. The fourth-order valence-corrected chi connectivity index (χ4v) is 5.72. The van der Waals surface area contributed by atoms with Crippen LogP contribution in [0.4, 0.5) is 4.39 Å². The van der Waals surface area contributed by atoms with Gasteiger partial charge < -0.3 is 15.0 Å². The molecule has 2 aromatic rings. The number of amides is 2. The molecule has 2 N–H and O–H groups in total. The lowest BCUT2D eigenvalue weighted by molar-refractivity contribution is -0.217. The number of rotatable bonds is 8. The molecular formula is C25H31FN4O6S. The van der Waals surface area contributed by atoms with E-state index in [0.717, 1.165) is 0 Å². The van der Waals surface area contributed by atoms with E-state index in [1.165, 1.54) is 24.3 Å². The van der Waals surface area contributed by atoms with Crippen LogP contribution in [-0.4, -0.2) is 85.9 Å². The van der Waals surface area contributed by atoms with Gasteiger partial charge in [-0.2, -0.15) is 0 Å². The van der Waals surface area contributed by atoms with Gasteiger partial charge in [0.15, 0.2) is 0 Å². The Kier molecular flexibility index (Phi) is 8.87. The number of nitrogens with zero attached hydrogens (tertiary/aromatic N) is 3. The van der Waals surface area contributed by atoms with Crippen LogP contribution in [0.15, 0.2) is 53.4 Å². The van der Waals surface area contributed by atoms with E-state index in [9.17, 15) is 27.6 Å². The quantitative estimate of drug-likeness (QED) is 0.392. The summed E-state index contributed by atoms with van der Waals surface area (Å²) in [5.74, 6) is -2.00. The molecule has 2 aliphatic rings. The fraction of sp³-hybridized carbons (Fsp3) is 0.440. The summed E-state index contributed by atoms with van der Waals surface area (Å²) in [5, 5.41) is 14.1. The van der Waals surface area contributed by atoms with Gasteiger partial charge in [0.2, 0.25) is 5.91 Å². The molecule has 0 unspecified atom stereocenters. The second kappa shape index (κ2) is 12.1. The number of sulfonamides is 1. The third-order valence-corrected chi connectivity index (χ3v) is 8.33. The molecule has 2 fully saturated rings. The van der Waals surface area contributed by atoms with Gasteiger partial charge in [0.25, 0.3) is 15.9 Å². The molecule has 4 rings (SSSR count). The van der Waals surface area contributed by atoms with E-state index in [0.29, 0.717) is 67.8 Å². The maximum Gasteiger partial charge on any atom is 0.265 e. The number of hydrazine groups is 1. The van der Waals surface area contributed by atoms with Crippen molar-refractivity contribution in [2.75, 3.05) is 45.9 Å². The molecule has 0 saturated carbocycles. The lowest BCUT2D eigenvalue weighted by Crippen LogP contribution is -2.52. The van der Waals surface area contributed by atoms with Gasteiger partial charge in [0.05, 0.1) is 4.90 Å². The van der Waals surface area contributed by atoms with Crippen molar-refractivity contribution in [1.82, 2.24) is 19.8 Å². The van der Waals surface area contributed by atoms with Crippen LogP contribution in [0.25, 0.3) is 11.1 Å². The summed E-state index contributed by atoms with van der Waals surface area (Å²) in [7, 11) is -4.40. The maximum atomic E-state index is 13.6. The minimum Gasteiger partial charge on any atom is -0.381 e. The summed E-state index contributed by atoms with van der Waals surface area (Å²) in [6.45, 7) is 2.55. The minimum atomic E-state index is -4.40. The maximum absolute atomic E-state index is 13.6. The van der Waals surface area contributed by atoms with Crippen molar-refractivity contribution in [3.8, 4) is 11.1 Å². The highest BCUT2D eigenvalue weighted by atomic mass is 32.2. The first-order valence-electron chi connectivity index (χ1n) is 12.2. The highest BCUT2D eigenvalue weighted by molar-refractivity contribution is 7.89. The van der Waals surface area contributed by atoms with Gasteiger partial charge in [0.1, 0.15) is 5.82 Å². The first kappa shape index (κ1) is 27.1. The molecule has 200 valence electrons. The summed E-state index contributed by atoms with van der Waals surface area (Å²) in [6.07, 6.45) is 0.511. The fourth-order valence-electron chi connectivity index (χ4n) is 4.38. The van der Waals surface area contributed by atoms with E-state index >= 15 is 0 Å². The van der Waals surface area contributed by atoms with Crippen molar-refractivity contribution in [2.24, 2.45) is 5.92 Å². The third-order valence-electron chi connectivity index (χ3n) is 6.57. The molecule has 37 heavy (non-hydrogen) atoms. The molecule has 2 aliphatic heterocycles. The number of piperazine rings is 1. The highest BCUT2D eigenvalue weighted by Gasteiger charge is 2.37. The van der Waals surface area contributed by atoms with Gasteiger partial charge >= 0.3 is 0 Å². The summed E-state index contributed by atoms with van der Waals surface area (Å²) < 4.78 is 46.3. The number of carbonyl (C=O) groups excluding carboxylic acids is 2. The smallest absolute Gasteiger partial charge is 0.265 e. The minimum absolute atomic E-state index is 0.143. The largest absolute Gasteiger partial charge is 0.381 e. The van der Waals surface area contributed by atoms with Crippen molar-refractivity contribution < 1.29 is 32.3 Å². The average molecular weight is 535 g/mol. The molecule has 12 heteroatoms. The van der Waals surface area contributed by atoms with Crippen LogP contribution in [0.1, 0.15) is 19.3 Å². The van der Waals surface area contributed by atoms with Crippen LogP contribution in [0.3, 0.4) is 0 Å². The summed E-state index contributed by atoms with van der Waals surface area (Å²) in [6, 6.07) is 11.6. The zero-order chi connectivity index (χ0) is 26.4. The van der Waals surface area contributed by atoms with E-state index in [1.807, 2.05) is 0 Å². The molecule has 10 nitrogen and oxygen atoms in total. The average Bonchev–Trinajstić information content (AvgIpc) is 2.94. The van der Waals surface area contributed by atoms with Crippen LogP contribution in [0.5, 0.6) is 0 Å². The van der Waals surface area contributed by atoms with Gasteiger partial charge in [-0.3, -0.25) is 14.8 Å². The van der Waals surface area contributed by atoms with E-state index in [2.05, 4.69) is 5.32 Å². The molecule has 0 spiro atoms. The Hall–Kier alpha value is -2.90. The second-order valence-corrected chi connectivity index (χ2v) is 10.8. The topological polar surface area (TPSA) is 119 Å². The standard InChI is InChI=1S/C25H31FN4O6S/c26-22-5-1-19(2-6-22)20-3-7-23(8-4-20)37(34,35)29(14-9-24(31)28-15-12-27-13-16-28)30(33)25(32)21-10-17-36-18-11-21/h1-8,21,27,33H,9-18H2. The van der Waals surface area contributed by atoms with Crippen LogP contribution in [-0.2, 0) is 24.3 Å². The molecule has 2 aromatic carbocycles. The van der Waals surface area contributed by atoms with Gasteiger partial charge in [-0.15, -0.1) is 5.17 Å². The van der Waals surface area contributed by atoms with Gasteiger partial charge in [-0.25, -0.2) is 12.8 Å². The Labute approximate surface area is 215 Å². The summed E-state index contributed by atoms with van der Waals surface area (Å²) >= 11 is 0. The van der Waals surface area contributed by atoms with Crippen LogP contribution in [0, 0.1) is 11.7 Å². The Morgan fingerprint density at radius 3 is 2.16 bits per heavy atom. The first-order chi connectivity index (χ1) is 17.8. The van der Waals surface area contributed by atoms with E-state index in [4.69, 9.17) is 4.74 Å². The number of hydrogen-bond acceptors (Lipinski definition) is 7. The van der Waals surface area contributed by atoms with E-state index in [-0.39, 0.29) is 28.2 Å². The highest BCUT2D eigenvalue weighted by Crippen LogP contribution is 2.26. The molecular weight excluding hydrogens is 503 g/mol. The number of hydroxylamine groups is 1. The molecule has 2 heterocycles. The predicted molar refractivity (Wildman–Crippen MR) is 132 cm³/mol. The van der Waals surface area contributed by atoms with E-state index in [1.54, 1.807) is 29.2 Å². The molecule has 2 amide bonds. The van der Waals surface area contributed by atoms with Crippen molar-refractivity contribution in [2.45, 2.75) is 24.2 Å². The normalized spacial score (nSPS) is 17.1. The lowest BCUT2D eigenvalue weighted by Gasteiger charge is -2.33. The van der Waals surface area contributed by atoms with Crippen molar-refractivity contribution in [3.63, 3.8) is 0 Å². The number of nitrogens with one attached hydrogen (secondary N) is 1. The first-order valence-corrected chi connectivity index (χ1v) is 13.7. The van der Waals surface area contributed by atoms with Gasteiger partial charge in [-0.1, -0.05) is 28.7 Å². The Bertz CT molecular complexity index is 1180. The number of halogens is 1. The van der Waals surface area contributed by atoms with Crippen molar-refractivity contribution in [1.29, 1.82) is 0 Å². The van der Waals surface area contributed by atoms with Gasteiger partial charge in [0, 0.05) is 58.3 Å². The van der Waals surface area contributed by atoms with Crippen LogP contribution < -0.4 is 5.32 Å². The molecule has 0 radical (unpaired) electrons. The lowest BCUT2D eigenvalue weighted by atomic mass is 10.00. The number of ether oxygens (including phenoxy) is 1. The van der Waals surface area contributed by atoms with Crippen molar-refractivity contribution in [3.05, 3.63) is 54.3 Å². The zero-order valence-corrected chi connectivity index (χ0v) is 21.2. The molecule has 2 saturated heterocycles. The summed E-state index contributed by atoms with van der Waals surface area (Å²) in [4.78, 5) is 27.2. The second-order valence-electron chi connectivity index (χ2n) is 8.98. The van der Waals surface area contributed by atoms with Gasteiger partial charge in [-0.05, 0) is 48.2 Å². The number of benzene rings is 2. The van der Waals surface area contributed by atoms with Crippen molar-refractivity contribution >= 4 is 21.8 Å². The SMILES string of the molecule is O=C(CCN(N(O)C(=O)C1CCOCC1)S(=O)(=O)c1ccc(-c2ccc(F)cc2)cc1)N1CCNCC1.